The number of carbonyl (C=O) groups is 1. The summed E-state index contributed by atoms with van der Waals surface area (Å²) in [6.07, 6.45) is 1.67. The van der Waals surface area contributed by atoms with Gasteiger partial charge in [-0.05, 0) is 35.4 Å². The van der Waals surface area contributed by atoms with Crippen molar-refractivity contribution in [1.82, 2.24) is 9.97 Å². The van der Waals surface area contributed by atoms with E-state index in [4.69, 9.17) is 11.5 Å². The SMILES string of the molecule is NC(=O)c1ccccc1-c1cc(-c2ccnc(N)c2)[nH]c1-c1ccccc1. The smallest absolute Gasteiger partial charge is 0.249 e. The highest BCUT2D eigenvalue weighted by atomic mass is 16.1. The van der Waals surface area contributed by atoms with Crippen LogP contribution in [0.5, 0.6) is 0 Å². The van der Waals surface area contributed by atoms with Crippen LogP contribution in [0.3, 0.4) is 0 Å². The molecule has 2 aromatic carbocycles. The van der Waals surface area contributed by atoms with Gasteiger partial charge in [-0.25, -0.2) is 4.98 Å². The fourth-order valence-corrected chi connectivity index (χ4v) is 3.20. The minimum absolute atomic E-state index is 0.447. The van der Waals surface area contributed by atoms with Crippen molar-refractivity contribution in [1.29, 1.82) is 0 Å². The van der Waals surface area contributed by atoms with Crippen molar-refractivity contribution in [3.05, 3.63) is 84.6 Å². The second-order valence-electron chi connectivity index (χ2n) is 6.22. The fourth-order valence-electron chi connectivity index (χ4n) is 3.20. The summed E-state index contributed by atoms with van der Waals surface area (Å²) in [6, 6.07) is 23.0. The number of primary amides is 1. The molecule has 5 nitrogen and oxygen atoms in total. The van der Waals surface area contributed by atoms with Crippen LogP contribution in [0.4, 0.5) is 5.82 Å². The Bertz CT molecular complexity index is 1120. The van der Waals surface area contributed by atoms with E-state index in [0.29, 0.717) is 11.4 Å². The maximum absolute atomic E-state index is 12.0. The van der Waals surface area contributed by atoms with Crippen molar-refractivity contribution in [3.63, 3.8) is 0 Å². The number of aromatic amines is 1. The van der Waals surface area contributed by atoms with E-state index in [1.54, 1.807) is 12.3 Å². The molecule has 0 aliphatic rings. The standard InChI is InChI=1S/C22H18N4O/c23-20-12-15(10-11-25-20)19-13-18(16-8-4-5-9-17(16)22(24)27)21(26-19)14-6-2-1-3-7-14/h1-13,26H,(H2,23,25)(H2,24,27). The average molecular weight is 354 g/mol. The molecule has 0 aliphatic carbocycles. The van der Waals surface area contributed by atoms with Gasteiger partial charge in [0, 0.05) is 28.6 Å². The molecule has 4 rings (SSSR count). The number of nitrogens with zero attached hydrogens (tertiary/aromatic N) is 1. The Balaban J connectivity index is 1.97. The van der Waals surface area contributed by atoms with E-state index in [0.717, 1.165) is 33.6 Å². The number of hydrogen-bond donors (Lipinski definition) is 3. The van der Waals surface area contributed by atoms with Gasteiger partial charge in [0.25, 0.3) is 0 Å². The van der Waals surface area contributed by atoms with E-state index in [9.17, 15) is 4.79 Å². The molecule has 5 heteroatoms. The van der Waals surface area contributed by atoms with E-state index in [2.05, 4.69) is 9.97 Å². The predicted octanol–water partition coefficient (Wildman–Crippen LogP) is 4.09. The third-order valence-corrected chi connectivity index (χ3v) is 4.45. The molecule has 0 atom stereocenters. The number of nitrogens with one attached hydrogen (secondary N) is 1. The van der Waals surface area contributed by atoms with Gasteiger partial charge in [-0.2, -0.15) is 0 Å². The largest absolute Gasteiger partial charge is 0.384 e. The summed E-state index contributed by atoms with van der Waals surface area (Å²) in [5.41, 5.74) is 17.3. The number of hydrogen-bond acceptors (Lipinski definition) is 3. The number of rotatable bonds is 4. The molecule has 1 amide bonds. The molecule has 0 fully saturated rings. The first kappa shape index (κ1) is 16.6. The first-order valence-electron chi connectivity index (χ1n) is 8.53. The molecule has 0 bridgehead atoms. The Kier molecular flexibility index (Phi) is 4.18. The van der Waals surface area contributed by atoms with Gasteiger partial charge in [0.15, 0.2) is 0 Å². The summed E-state index contributed by atoms with van der Waals surface area (Å²) >= 11 is 0. The molecular weight excluding hydrogens is 336 g/mol. The van der Waals surface area contributed by atoms with Crippen molar-refractivity contribution in [3.8, 4) is 33.6 Å². The normalized spacial score (nSPS) is 10.7. The molecule has 0 aliphatic heterocycles. The Morgan fingerprint density at radius 2 is 1.59 bits per heavy atom. The second-order valence-corrected chi connectivity index (χ2v) is 6.22. The van der Waals surface area contributed by atoms with Gasteiger partial charge < -0.3 is 16.5 Å². The quantitative estimate of drug-likeness (QED) is 0.515. The maximum Gasteiger partial charge on any atom is 0.249 e. The number of benzene rings is 2. The molecule has 4 aromatic rings. The van der Waals surface area contributed by atoms with Gasteiger partial charge in [-0.15, -0.1) is 0 Å². The van der Waals surface area contributed by atoms with Gasteiger partial charge in [-0.1, -0.05) is 48.5 Å². The van der Waals surface area contributed by atoms with Crippen molar-refractivity contribution >= 4 is 11.7 Å². The Morgan fingerprint density at radius 3 is 2.33 bits per heavy atom. The summed E-state index contributed by atoms with van der Waals surface area (Å²) in [4.78, 5) is 19.5. The lowest BCUT2D eigenvalue weighted by atomic mass is 9.96. The van der Waals surface area contributed by atoms with Crippen molar-refractivity contribution in [2.24, 2.45) is 5.73 Å². The Hall–Kier alpha value is -3.86. The number of anilines is 1. The number of carbonyl (C=O) groups excluding carboxylic acids is 1. The number of H-pyrrole nitrogens is 1. The molecular formula is C22H18N4O. The predicted molar refractivity (Wildman–Crippen MR) is 108 cm³/mol. The minimum Gasteiger partial charge on any atom is -0.384 e. The van der Waals surface area contributed by atoms with Crippen LogP contribution >= 0.6 is 0 Å². The van der Waals surface area contributed by atoms with Gasteiger partial charge in [0.05, 0.1) is 5.69 Å². The van der Waals surface area contributed by atoms with Crippen LogP contribution in [0.1, 0.15) is 10.4 Å². The molecule has 132 valence electrons. The minimum atomic E-state index is -0.458. The van der Waals surface area contributed by atoms with Crippen LogP contribution in [0, 0.1) is 0 Å². The van der Waals surface area contributed by atoms with Crippen LogP contribution in [-0.2, 0) is 0 Å². The molecule has 0 saturated carbocycles. The topological polar surface area (TPSA) is 97.8 Å². The molecule has 2 aromatic heterocycles. The molecule has 2 heterocycles. The summed E-state index contributed by atoms with van der Waals surface area (Å²) in [5, 5.41) is 0. The molecule has 0 unspecified atom stereocenters. The summed E-state index contributed by atoms with van der Waals surface area (Å²) in [5.74, 6) is -0.0111. The van der Waals surface area contributed by atoms with Crippen molar-refractivity contribution in [2.45, 2.75) is 0 Å². The number of pyridine rings is 1. The highest BCUT2D eigenvalue weighted by Gasteiger charge is 2.17. The van der Waals surface area contributed by atoms with Crippen LogP contribution in [0.25, 0.3) is 33.6 Å². The zero-order valence-corrected chi connectivity index (χ0v) is 14.5. The number of amides is 1. The number of nitrogen functional groups attached to an aromatic ring is 1. The Labute approximate surface area is 156 Å². The van der Waals surface area contributed by atoms with E-state index in [1.807, 2.05) is 66.7 Å². The molecule has 0 radical (unpaired) electrons. The highest BCUT2D eigenvalue weighted by molar-refractivity contribution is 6.02. The highest BCUT2D eigenvalue weighted by Crippen LogP contribution is 2.37. The molecule has 0 spiro atoms. The van der Waals surface area contributed by atoms with E-state index in [1.165, 1.54) is 0 Å². The fraction of sp³-hybridized carbons (Fsp3) is 0. The number of nitrogens with two attached hydrogens (primary N) is 2. The number of aromatic nitrogens is 2. The zero-order chi connectivity index (χ0) is 18.8. The summed E-state index contributed by atoms with van der Waals surface area (Å²) < 4.78 is 0. The van der Waals surface area contributed by atoms with Crippen molar-refractivity contribution < 1.29 is 4.79 Å². The molecule has 5 N–H and O–H groups in total. The third kappa shape index (κ3) is 3.18. The lowest BCUT2D eigenvalue weighted by Crippen LogP contribution is -2.12. The molecule has 0 saturated heterocycles. The second kappa shape index (κ2) is 6.80. The van der Waals surface area contributed by atoms with Gasteiger partial charge >= 0.3 is 0 Å². The third-order valence-electron chi connectivity index (χ3n) is 4.45. The van der Waals surface area contributed by atoms with Crippen molar-refractivity contribution in [2.75, 3.05) is 5.73 Å². The lowest BCUT2D eigenvalue weighted by Gasteiger charge is -2.08. The summed E-state index contributed by atoms with van der Waals surface area (Å²) in [6.45, 7) is 0. The van der Waals surface area contributed by atoms with Gasteiger partial charge in [0.1, 0.15) is 5.82 Å². The van der Waals surface area contributed by atoms with Crippen LogP contribution in [0.15, 0.2) is 79.0 Å². The van der Waals surface area contributed by atoms with Crippen LogP contribution < -0.4 is 11.5 Å². The first-order chi connectivity index (χ1) is 13.1. The summed E-state index contributed by atoms with van der Waals surface area (Å²) in [7, 11) is 0. The van der Waals surface area contributed by atoms with Crippen LogP contribution in [-0.4, -0.2) is 15.9 Å². The van der Waals surface area contributed by atoms with E-state index < -0.39 is 5.91 Å². The van der Waals surface area contributed by atoms with Gasteiger partial charge in [-0.3, -0.25) is 4.79 Å². The van der Waals surface area contributed by atoms with E-state index >= 15 is 0 Å². The first-order valence-corrected chi connectivity index (χ1v) is 8.53. The average Bonchev–Trinajstić information content (AvgIpc) is 3.14. The maximum atomic E-state index is 12.0. The molecule has 27 heavy (non-hydrogen) atoms. The zero-order valence-electron chi connectivity index (χ0n) is 14.5. The monoisotopic (exact) mass is 354 g/mol. The van der Waals surface area contributed by atoms with Crippen LogP contribution in [0.2, 0.25) is 0 Å². The Morgan fingerprint density at radius 1 is 0.852 bits per heavy atom. The van der Waals surface area contributed by atoms with Gasteiger partial charge in [0.2, 0.25) is 5.91 Å². The van der Waals surface area contributed by atoms with E-state index in [-0.39, 0.29) is 0 Å². The lowest BCUT2D eigenvalue weighted by molar-refractivity contribution is 0.100.